The molecule has 0 bridgehead atoms. The predicted octanol–water partition coefficient (Wildman–Crippen LogP) is 3.01. The summed E-state index contributed by atoms with van der Waals surface area (Å²) in [4.78, 5) is 11.0. The van der Waals surface area contributed by atoms with Gasteiger partial charge in [-0.1, -0.05) is 24.3 Å². The van der Waals surface area contributed by atoms with Gasteiger partial charge in [-0.25, -0.2) is 4.79 Å². The molecule has 3 nitrogen and oxygen atoms in total. The molecule has 2 aromatic rings. The molecule has 0 heterocycles. The largest absolute Gasteiger partial charge is 0.506 e. The van der Waals surface area contributed by atoms with Crippen LogP contribution in [0.1, 0.15) is 10.4 Å². The van der Waals surface area contributed by atoms with Gasteiger partial charge in [-0.3, -0.25) is 0 Å². The van der Waals surface area contributed by atoms with Gasteiger partial charge in [0.2, 0.25) is 0 Å². The number of halogens is 1. The van der Waals surface area contributed by atoms with Crippen LogP contribution in [0.15, 0.2) is 34.8 Å². The fourth-order valence-electron chi connectivity index (χ4n) is 1.52. The van der Waals surface area contributed by atoms with Gasteiger partial charge in [0.05, 0.1) is 4.47 Å². The van der Waals surface area contributed by atoms with E-state index in [4.69, 9.17) is 5.11 Å². The van der Waals surface area contributed by atoms with Gasteiger partial charge in [-0.05, 0) is 27.4 Å². The summed E-state index contributed by atoms with van der Waals surface area (Å²) in [7, 11) is 0. The zero-order valence-corrected chi connectivity index (χ0v) is 9.15. The molecule has 0 amide bonds. The number of phenols is 1. The molecule has 0 radical (unpaired) electrons. The summed E-state index contributed by atoms with van der Waals surface area (Å²) in [5, 5.41) is 20.0. The molecule has 4 heteroatoms. The van der Waals surface area contributed by atoms with E-state index in [0.717, 1.165) is 5.39 Å². The van der Waals surface area contributed by atoms with E-state index in [9.17, 15) is 9.90 Å². The smallest absolute Gasteiger partial charge is 0.340 e. The van der Waals surface area contributed by atoms with E-state index in [1.54, 1.807) is 24.3 Å². The second kappa shape index (κ2) is 3.55. The summed E-state index contributed by atoms with van der Waals surface area (Å²) < 4.78 is 0.388. The third kappa shape index (κ3) is 1.57. The van der Waals surface area contributed by atoms with E-state index < -0.39 is 5.97 Å². The summed E-state index contributed by atoms with van der Waals surface area (Å²) in [6, 6.07) is 8.72. The molecule has 2 rings (SSSR count). The number of fused-ring (bicyclic) bond motifs is 1. The van der Waals surface area contributed by atoms with Crippen molar-refractivity contribution in [2.24, 2.45) is 0 Å². The highest BCUT2D eigenvalue weighted by Crippen LogP contribution is 2.34. The molecule has 0 spiro atoms. The Kier molecular flexibility index (Phi) is 2.36. The van der Waals surface area contributed by atoms with Crippen molar-refractivity contribution >= 4 is 32.7 Å². The zero-order valence-electron chi connectivity index (χ0n) is 7.57. The van der Waals surface area contributed by atoms with Crippen LogP contribution < -0.4 is 0 Å². The molecule has 0 aromatic heterocycles. The summed E-state index contributed by atoms with van der Waals surface area (Å²) in [5.41, 5.74) is -0.0695. The van der Waals surface area contributed by atoms with Crippen LogP contribution in [0.3, 0.4) is 0 Å². The molecule has 76 valence electrons. The van der Waals surface area contributed by atoms with Gasteiger partial charge in [0.1, 0.15) is 11.3 Å². The Balaban J connectivity index is 2.95. The molecule has 0 aliphatic carbocycles. The van der Waals surface area contributed by atoms with Gasteiger partial charge in [-0.15, -0.1) is 0 Å². The molecule has 15 heavy (non-hydrogen) atoms. The molecule has 2 aromatic carbocycles. The lowest BCUT2D eigenvalue weighted by molar-refractivity contribution is 0.0696. The maximum absolute atomic E-state index is 11.0. The minimum Gasteiger partial charge on any atom is -0.506 e. The van der Waals surface area contributed by atoms with Crippen molar-refractivity contribution < 1.29 is 15.0 Å². The number of aromatic carboxylic acids is 1. The summed E-state index contributed by atoms with van der Waals surface area (Å²) in [6.45, 7) is 0. The van der Waals surface area contributed by atoms with E-state index in [2.05, 4.69) is 15.9 Å². The third-order valence-electron chi connectivity index (χ3n) is 2.19. The van der Waals surface area contributed by atoms with E-state index in [1.807, 2.05) is 6.07 Å². The van der Waals surface area contributed by atoms with Crippen molar-refractivity contribution in [3.05, 3.63) is 40.4 Å². The maximum Gasteiger partial charge on any atom is 0.340 e. The highest BCUT2D eigenvalue weighted by Gasteiger charge is 2.16. The SMILES string of the molecule is O=C(O)c1c(O)c(Br)cc2ccccc12. The molecule has 0 atom stereocenters. The Bertz CT molecular complexity index is 549. The first-order valence-corrected chi connectivity index (χ1v) is 5.04. The van der Waals surface area contributed by atoms with E-state index in [-0.39, 0.29) is 11.3 Å². The number of carboxylic acid groups (broad SMARTS) is 1. The number of rotatable bonds is 1. The number of aromatic hydroxyl groups is 1. The Labute approximate surface area is 94.1 Å². The van der Waals surface area contributed by atoms with Crippen molar-refractivity contribution in [3.63, 3.8) is 0 Å². The monoisotopic (exact) mass is 266 g/mol. The molecule has 0 fully saturated rings. The Morgan fingerprint density at radius 1 is 1.27 bits per heavy atom. The highest BCUT2D eigenvalue weighted by atomic mass is 79.9. The number of hydrogen-bond donors (Lipinski definition) is 2. The summed E-state index contributed by atoms with van der Waals surface area (Å²) >= 11 is 3.12. The topological polar surface area (TPSA) is 57.5 Å². The summed E-state index contributed by atoms with van der Waals surface area (Å²) in [5.74, 6) is -1.37. The second-order valence-electron chi connectivity index (χ2n) is 3.11. The van der Waals surface area contributed by atoms with Gasteiger partial charge in [0.25, 0.3) is 0 Å². The van der Waals surface area contributed by atoms with Crippen LogP contribution in [0, 0.1) is 0 Å². The molecular formula is C11H7BrO3. The average Bonchev–Trinajstić information content (AvgIpc) is 2.19. The lowest BCUT2D eigenvalue weighted by Gasteiger charge is -2.06. The average molecular weight is 267 g/mol. The van der Waals surface area contributed by atoms with Crippen LogP contribution >= 0.6 is 15.9 Å². The molecule has 0 saturated heterocycles. The lowest BCUT2D eigenvalue weighted by atomic mass is 10.0. The van der Waals surface area contributed by atoms with Gasteiger partial charge < -0.3 is 10.2 Å². The first-order chi connectivity index (χ1) is 7.11. The van der Waals surface area contributed by atoms with Crippen LogP contribution in [0.25, 0.3) is 10.8 Å². The summed E-state index contributed by atoms with van der Waals surface area (Å²) in [6.07, 6.45) is 0. The molecule has 0 unspecified atom stereocenters. The standard InChI is InChI=1S/C11H7BrO3/c12-8-5-6-3-1-2-4-7(6)9(10(8)13)11(14)15/h1-5,13H,(H,14,15). The molecule has 0 aliphatic rings. The van der Waals surface area contributed by atoms with Gasteiger partial charge >= 0.3 is 5.97 Å². The lowest BCUT2D eigenvalue weighted by Crippen LogP contribution is -1.98. The van der Waals surface area contributed by atoms with E-state index >= 15 is 0 Å². The first-order valence-electron chi connectivity index (χ1n) is 4.25. The first kappa shape index (κ1) is 9.98. The Morgan fingerprint density at radius 3 is 2.60 bits per heavy atom. The van der Waals surface area contributed by atoms with Crippen molar-refractivity contribution in [2.75, 3.05) is 0 Å². The normalized spacial score (nSPS) is 10.5. The highest BCUT2D eigenvalue weighted by molar-refractivity contribution is 9.10. The minimum atomic E-state index is -1.13. The van der Waals surface area contributed by atoms with Gasteiger partial charge in [0, 0.05) is 5.39 Å². The predicted molar refractivity (Wildman–Crippen MR) is 60.3 cm³/mol. The number of hydrogen-bond acceptors (Lipinski definition) is 2. The van der Waals surface area contributed by atoms with Gasteiger partial charge in [-0.2, -0.15) is 0 Å². The quantitative estimate of drug-likeness (QED) is 0.834. The zero-order chi connectivity index (χ0) is 11.0. The van der Waals surface area contributed by atoms with Crippen molar-refractivity contribution in [1.82, 2.24) is 0 Å². The third-order valence-corrected chi connectivity index (χ3v) is 2.79. The fraction of sp³-hybridized carbons (Fsp3) is 0. The Hall–Kier alpha value is -1.55. The molecule has 0 aliphatic heterocycles. The number of benzene rings is 2. The number of carbonyl (C=O) groups is 1. The molecule has 0 saturated carbocycles. The van der Waals surface area contributed by atoms with Crippen LogP contribution in [0.5, 0.6) is 5.75 Å². The van der Waals surface area contributed by atoms with Crippen LogP contribution in [0.2, 0.25) is 0 Å². The van der Waals surface area contributed by atoms with Crippen LogP contribution in [-0.2, 0) is 0 Å². The van der Waals surface area contributed by atoms with E-state index in [0.29, 0.717) is 9.86 Å². The Morgan fingerprint density at radius 2 is 1.93 bits per heavy atom. The minimum absolute atomic E-state index is 0.0695. The van der Waals surface area contributed by atoms with E-state index in [1.165, 1.54) is 0 Å². The molecular weight excluding hydrogens is 260 g/mol. The van der Waals surface area contributed by atoms with Gasteiger partial charge in [0.15, 0.2) is 0 Å². The van der Waals surface area contributed by atoms with Crippen molar-refractivity contribution in [1.29, 1.82) is 0 Å². The van der Waals surface area contributed by atoms with Crippen molar-refractivity contribution in [2.45, 2.75) is 0 Å². The molecule has 2 N–H and O–H groups in total. The van der Waals surface area contributed by atoms with Crippen LogP contribution in [0.4, 0.5) is 0 Å². The number of carboxylic acids is 1. The van der Waals surface area contributed by atoms with Crippen LogP contribution in [-0.4, -0.2) is 16.2 Å². The second-order valence-corrected chi connectivity index (χ2v) is 3.96. The maximum atomic E-state index is 11.0. The fourth-order valence-corrected chi connectivity index (χ4v) is 1.96. The van der Waals surface area contributed by atoms with Crippen molar-refractivity contribution in [3.8, 4) is 5.75 Å².